The van der Waals surface area contributed by atoms with Crippen LogP contribution >= 0.6 is 0 Å². The maximum Gasteiger partial charge on any atom is 0.251 e. The van der Waals surface area contributed by atoms with Gasteiger partial charge in [0.05, 0.1) is 11.6 Å². The highest BCUT2D eigenvalue weighted by Crippen LogP contribution is 2.20. The molecule has 2 aromatic carbocycles. The van der Waals surface area contributed by atoms with Crippen molar-refractivity contribution in [2.24, 2.45) is 0 Å². The normalized spacial score (nSPS) is 10.3. The molecule has 130 valence electrons. The minimum Gasteiger partial charge on any atom is -0.352 e. The zero-order chi connectivity index (χ0) is 18.5. The van der Waals surface area contributed by atoms with Crippen LogP contribution in [0.2, 0.25) is 0 Å². The van der Waals surface area contributed by atoms with Gasteiger partial charge in [-0.05, 0) is 62.2 Å². The first-order chi connectivity index (χ1) is 12.6. The summed E-state index contributed by atoms with van der Waals surface area (Å²) < 4.78 is 2.23. The van der Waals surface area contributed by atoms with Crippen LogP contribution in [-0.4, -0.2) is 17.0 Å². The molecular formula is C22H21N3O. The number of hydrogen-bond donors (Lipinski definition) is 1. The number of hydrogen-bond acceptors (Lipinski definition) is 2. The summed E-state index contributed by atoms with van der Waals surface area (Å²) in [6, 6.07) is 21.2. The minimum atomic E-state index is -0.154. The molecule has 0 spiro atoms. The van der Waals surface area contributed by atoms with E-state index < -0.39 is 0 Å². The average molecular weight is 343 g/mol. The van der Waals surface area contributed by atoms with Gasteiger partial charge >= 0.3 is 0 Å². The first kappa shape index (κ1) is 17.5. The number of benzene rings is 2. The molecule has 26 heavy (non-hydrogen) atoms. The summed E-state index contributed by atoms with van der Waals surface area (Å²) in [4.78, 5) is 12.3. The number of nitriles is 1. The Kier molecular flexibility index (Phi) is 5.19. The number of para-hydroxylation sites is 1. The fourth-order valence-corrected chi connectivity index (χ4v) is 3.20. The number of aryl methyl sites for hydroxylation is 1. The molecule has 3 rings (SSSR count). The van der Waals surface area contributed by atoms with Crippen molar-refractivity contribution < 1.29 is 4.79 Å². The van der Waals surface area contributed by atoms with Crippen LogP contribution in [0.1, 0.15) is 32.9 Å². The molecule has 4 heteroatoms. The minimum absolute atomic E-state index is 0.154. The van der Waals surface area contributed by atoms with E-state index in [-0.39, 0.29) is 5.91 Å². The van der Waals surface area contributed by atoms with Gasteiger partial charge in [-0.3, -0.25) is 4.79 Å². The van der Waals surface area contributed by atoms with Gasteiger partial charge in [0, 0.05) is 29.2 Å². The smallest absolute Gasteiger partial charge is 0.251 e. The standard InChI is InChI=1S/C22H21N3O/c1-16-13-19(17(2)25(16)21-9-4-3-5-10-21)11-12-24-22(26)20-8-6-7-18(14-20)15-23/h3-10,13-14H,11-12H2,1-2H3,(H,24,26). The molecule has 4 nitrogen and oxygen atoms in total. The van der Waals surface area contributed by atoms with E-state index in [0.29, 0.717) is 17.7 Å². The lowest BCUT2D eigenvalue weighted by atomic mass is 10.1. The van der Waals surface area contributed by atoms with Crippen LogP contribution in [-0.2, 0) is 6.42 Å². The third kappa shape index (κ3) is 3.68. The number of aromatic nitrogens is 1. The second-order valence-electron chi connectivity index (χ2n) is 6.27. The molecule has 0 radical (unpaired) electrons. The van der Waals surface area contributed by atoms with Crippen LogP contribution in [0.25, 0.3) is 5.69 Å². The highest BCUT2D eigenvalue weighted by atomic mass is 16.1. The Bertz CT molecular complexity index is 965. The van der Waals surface area contributed by atoms with Gasteiger partial charge in [0.1, 0.15) is 0 Å². The van der Waals surface area contributed by atoms with Gasteiger partial charge in [0.25, 0.3) is 5.91 Å². The zero-order valence-electron chi connectivity index (χ0n) is 15.0. The molecule has 0 aliphatic heterocycles. The van der Waals surface area contributed by atoms with E-state index in [9.17, 15) is 4.79 Å². The Hall–Kier alpha value is -3.32. The lowest BCUT2D eigenvalue weighted by molar-refractivity contribution is 0.0954. The molecule has 0 aliphatic rings. The number of carbonyl (C=O) groups is 1. The summed E-state index contributed by atoms with van der Waals surface area (Å²) in [7, 11) is 0. The second kappa shape index (κ2) is 7.71. The molecule has 0 unspecified atom stereocenters. The van der Waals surface area contributed by atoms with E-state index in [1.807, 2.05) is 18.2 Å². The highest BCUT2D eigenvalue weighted by molar-refractivity contribution is 5.94. The van der Waals surface area contributed by atoms with Crippen molar-refractivity contribution in [2.45, 2.75) is 20.3 Å². The Morgan fingerprint density at radius 2 is 1.85 bits per heavy atom. The van der Waals surface area contributed by atoms with Crippen molar-refractivity contribution in [2.75, 3.05) is 6.54 Å². The molecule has 0 bridgehead atoms. The molecule has 0 fully saturated rings. The summed E-state index contributed by atoms with van der Waals surface area (Å²) in [5, 5.41) is 11.9. The van der Waals surface area contributed by atoms with Gasteiger partial charge in [-0.1, -0.05) is 24.3 Å². The summed E-state index contributed by atoms with van der Waals surface area (Å²) in [6.45, 7) is 4.75. The van der Waals surface area contributed by atoms with Crippen molar-refractivity contribution in [3.05, 3.63) is 88.7 Å². The largest absolute Gasteiger partial charge is 0.352 e. The second-order valence-corrected chi connectivity index (χ2v) is 6.27. The maximum atomic E-state index is 12.3. The van der Waals surface area contributed by atoms with Crippen LogP contribution in [0, 0.1) is 25.2 Å². The van der Waals surface area contributed by atoms with E-state index >= 15 is 0 Å². The van der Waals surface area contributed by atoms with Gasteiger partial charge in [-0.2, -0.15) is 5.26 Å². The van der Waals surface area contributed by atoms with E-state index in [2.05, 4.69) is 48.0 Å². The van der Waals surface area contributed by atoms with Crippen molar-refractivity contribution in [1.29, 1.82) is 5.26 Å². The highest BCUT2D eigenvalue weighted by Gasteiger charge is 2.11. The summed E-state index contributed by atoms with van der Waals surface area (Å²) in [6.07, 6.45) is 0.760. The predicted octanol–water partition coefficient (Wildman–Crippen LogP) is 3.94. The van der Waals surface area contributed by atoms with Crippen LogP contribution in [0.3, 0.4) is 0 Å². The van der Waals surface area contributed by atoms with Crippen LogP contribution < -0.4 is 5.32 Å². The molecule has 0 saturated heterocycles. The summed E-state index contributed by atoms with van der Waals surface area (Å²) >= 11 is 0. The molecule has 0 saturated carbocycles. The van der Waals surface area contributed by atoms with E-state index in [0.717, 1.165) is 12.1 Å². The molecular weight excluding hydrogens is 322 g/mol. The molecule has 1 heterocycles. The lowest BCUT2D eigenvalue weighted by Gasteiger charge is -2.10. The Morgan fingerprint density at radius 1 is 1.08 bits per heavy atom. The molecule has 3 aromatic rings. The Balaban J connectivity index is 1.67. The first-order valence-corrected chi connectivity index (χ1v) is 8.62. The molecule has 0 atom stereocenters. The molecule has 1 N–H and O–H groups in total. The first-order valence-electron chi connectivity index (χ1n) is 8.62. The van der Waals surface area contributed by atoms with Crippen LogP contribution in [0.15, 0.2) is 60.7 Å². The van der Waals surface area contributed by atoms with Crippen molar-refractivity contribution in [3.8, 4) is 11.8 Å². The number of carbonyl (C=O) groups excluding carboxylic acids is 1. The molecule has 1 amide bonds. The average Bonchev–Trinajstić information content (AvgIpc) is 2.96. The quantitative estimate of drug-likeness (QED) is 0.763. The van der Waals surface area contributed by atoms with Crippen molar-refractivity contribution in [1.82, 2.24) is 9.88 Å². The summed E-state index contributed by atoms with van der Waals surface area (Å²) in [5.41, 5.74) is 5.73. The van der Waals surface area contributed by atoms with Gasteiger partial charge in [0.15, 0.2) is 0 Å². The monoisotopic (exact) mass is 343 g/mol. The molecule has 1 aromatic heterocycles. The van der Waals surface area contributed by atoms with Crippen LogP contribution in [0.4, 0.5) is 0 Å². The van der Waals surface area contributed by atoms with Gasteiger partial charge in [-0.25, -0.2) is 0 Å². The number of rotatable bonds is 5. The number of nitrogens with one attached hydrogen (secondary N) is 1. The zero-order valence-corrected chi connectivity index (χ0v) is 15.0. The number of amides is 1. The topological polar surface area (TPSA) is 57.8 Å². The third-order valence-electron chi connectivity index (χ3n) is 4.48. The van der Waals surface area contributed by atoms with Crippen molar-refractivity contribution >= 4 is 5.91 Å². The number of nitrogens with zero attached hydrogens (tertiary/aromatic N) is 2. The Morgan fingerprint density at radius 3 is 2.58 bits per heavy atom. The van der Waals surface area contributed by atoms with Crippen LogP contribution in [0.5, 0.6) is 0 Å². The maximum absolute atomic E-state index is 12.3. The predicted molar refractivity (Wildman–Crippen MR) is 102 cm³/mol. The third-order valence-corrected chi connectivity index (χ3v) is 4.48. The van der Waals surface area contributed by atoms with Gasteiger partial charge in [0.2, 0.25) is 0 Å². The SMILES string of the molecule is Cc1cc(CCNC(=O)c2cccc(C#N)c2)c(C)n1-c1ccccc1. The van der Waals surface area contributed by atoms with Crippen molar-refractivity contribution in [3.63, 3.8) is 0 Å². The van der Waals surface area contributed by atoms with Gasteiger partial charge in [-0.15, -0.1) is 0 Å². The fourth-order valence-electron chi connectivity index (χ4n) is 3.20. The van der Waals surface area contributed by atoms with E-state index in [1.165, 1.54) is 17.0 Å². The van der Waals surface area contributed by atoms with E-state index in [1.54, 1.807) is 24.3 Å². The summed E-state index contributed by atoms with van der Waals surface area (Å²) in [5.74, 6) is -0.154. The Labute approximate surface area is 153 Å². The fraction of sp³-hybridized carbons (Fsp3) is 0.182. The lowest BCUT2D eigenvalue weighted by Crippen LogP contribution is -2.25. The van der Waals surface area contributed by atoms with Gasteiger partial charge < -0.3 is 9.88 Å². The van der Waals surface area contributed by atoms with E-state index in [4.69, 9.17) is 5.26 Å². The molecule has 0 aliphatic carbocycles.